The Kier molecular flexibility index (Phi) is 5.46. The number of nitrogens with one attached hydrogen (secondary N) is 2. The molecule has 24 heavy (non-hydrogen) atoms. The van der Waals surface area contributed by atoms with E-state index >= 15 is 0 Å². The number of rotatable bonds is 4. The second kappa shape index (κ2) is 7.36. The molecule has 0 spiro atoms. The summed E-state index contributed by atoms with van der Waals surface area (Å²) in [5.74, 6) is -0.511. The van der Waals surface area contributed by atoms with E-state index in [0.29, 0.717) is 16.3 Å². The molecule has 0 aliphatic heterocycles. The minimum absolute atomic E-state index is 0.291. The van der Waals surface area contributed by atoms with E-state index in [1.165, 1.54) is 7.11 Å². The largest absolute Gasteiger partial charge is 0.465 e. The number of esters is 1. The number of carbonyl (C=O) groups excluding carboxylic acids is 2. The van der Waals surface area contributed by atoms with Crippen molar-refractivity contribution in [2.45, 2.75) is 19.4 Å². The van der Waals surface area contributed by atoms with Crippen molar-refractivity contribution in [2.24, 2.45) is 0 Å². The van der Waals surface area contributed by atoms with Gasteiger partial charge in [-0.15, -0.1) is 0 Å². The SMILES string of the molecule is COC(=O)c1ccccc1NC(=O)NC(C)(C)c1ccc(Cl)cc1. The van der Waals surface area contributed by atoms with E-state index in [2.05, 4.69) is 10.6 Å². The number of benzene rings is 2. The topological polar surface area (TPSA) is 67.4 Å². The van der Waals surface area contributed by atoms with E-state index in [1.807, 2.05) is 26.0 Å². The summed E-state index contributed by atoms with van der Waals surface area (Å²) in [6.07, 6.45) is 0. The van der Waals surface area contributed by atoms with Crippen molar-refractivity contribution < 1.29 is 14.3 Å². The third-order valence-corrected chi connectivity index (χ3v) is 3.82. The molecule has 0 fully saturated rings. The van der Waals surface area contributed by atoms with Crippen molar-refractivity contribution in [2.75, 3.05) is 12.4 Å². The average molecular weight is 347 g/mol. The molecule has 0 aliphatic rings. The highest BCUT2D eigenvalue weighted by Gasteiger charge is 2.23. The van der Waals surface area contributed by atoms with Crippen molar-refractivity contribution >= 4 is 29.3 Å². The number of urea groups is 1. The standard InChI is InChI=1S/C18H19ClN2O3/c1-18(2,12-8-10-13(19)11-9-12)21-17(23)20-15-7-5-4-6-14(15)16(22)24-3/h4-11H,1-3H3,(H2,20,21,23). The van der Waals surface area contributed by atoms with Crippen LogP contribution in [-0.2, 0) is 10.3 Å². The Hall–Kier alpha value is -2.53. The molecule has 0 saturated heterocycles. The highest BCUT2D eigenvalue weighted by Crippen LogP contribution is 2.22. The van der Waals surface area contributed by atoms with Crippen LogP contribution in [0.25, 0.3) is 0 Å². The summed E-state index contributed by atoms with van der Waals surface area (Å²) >= 11 is 5.89. The van der Waals surface area contributed by atoms with Gasteiger partial charge in [0.1, 0.15) is 0 Å². The van der Waals surface area contributed by atoms with Gasteiger partial charge in [0, 0.05) is 5.02 Å². The fourth-order valence-electron chi connectivity index (χ4n) is 2.26. The number of halogens is 1. The summed E-state index contributed by atoms with van der Waals surface area (Å²) in [4.78, 5) is 24.1. The Morgan fingerprint density at radius 3 is 2.29 bits per heavy atom. The zero-order valence-electron chi connectivity index (χ0n) is 13.7. The predicted octanol–water partition coefficient (Wildman–Crippen LogP) is 4.18. The quantitative estimate of drug-likeness (QED) is 0.816. The van der Waals surface area contributed by atoms with Gasteiger partial charge >= 0.3 is 12.0 Å². The number of para-hydroxylation sites is 1. The van der Waals surface area contributed by atoms with Gasteiger partial charge in [-0.3, -0.25) is 0 Å². The maximum Gasteiger partial charge on any atom is 0.339 e. The lowest BCUT2D eigenvalue weighted by Gasteiger charge is -2.27. The van der Waals surface area contributed by atoms with E-state index in [9.17, 15) is 9.59 Å². The summed E-state index contributed by atoms with van der Waals surface area (Å²) < 4.78 is 4.72. The van der Waals surface area contributed by atoms with Gasteiger partial charge in [0.15, 0.2) is 0 Å². The molecular weight excluding hydrogens is 328 g/mol. The summed E-state index contributed by atoms with van der Waals surface area (Å²) in [7, 11) is 1.29. The average Bonchev–Trinajstić information content (AvgIpc) is 2.54. The van der Waals surface area contributed by atoms with Gasteiger partial charge < -0.3 is 15.4 Å². The molecule has 2 N–H and O–H groups in total. The normalized spacial score (nSPS) is 10.8. The van der Waals surface area contributed by atoms with Gasteiger partial charge in [-0.2, -0.15) is 0 Å². The Morgan fingerprint density at radius 2 is 1.67 bits per heavy atom. The Bertz CT molecular complexity index is 742. The summed E-state index contributed by atoms with van der Waals surface area (Å²) in [5, 5.41) is 6.20. The van der Waals surface area contributed by atoms with Gasteiger partial charge in [-0.05, 0) is 43.7 Å². The molecule has 0 bridgehead atoms. The van der Waals surface area contributed by atoms with Crippen LogP contribution in [0.15, 0.2) is 48.5 Å². The molecule has 0 aromatic heterocycles. The summed E-state index contributed by atoms with van der Waals surface area (Å²) in [5.41, 5.74) is 0.964. The Balaban J connectivity index is 2.13. The minimum atomic E-state index is -0.616. The molecule has 126 valence electrons. The van der Waals surface area contributed by atoms with Crippen LogP contribution in [0, 0.1) is 0 Å². The predicted molar refractivity (Wildman–Crippen MR) is 94.4 cm³/mol. The molecule has 0 aliphatic carbocycles. The first kappa shape index (κ1) is 17.8. The van der Waals surface area contributed by atoms with Crippen LogP contribution in [-0.4, -0.2) is 19.1 Å². The third-order valence-electron chi connectivity index (χ3n) is 3.57. The first-order valence-electron chi connectivity index (χ1n) is 7.36. The van der Waals surface area contributed by atoms with Crippen molar-refractivity contribution in [1.29, 1.82) is 0 Å². The summed E-state index contributed by atoms with van der Waals surface area (Å²) in [6.45, 7) is 3.75. The monoisotopic (exact) mass is 346 g/mol. The first-order valence-corrected chi connectivity index (χ1v) is 7.74. The number of methoxy groups -OCH3 is 1. The fourth-order valence-corrected chi connectivity index (χ4v) is 2.38. The van der Waals surface area contributed by atoms with Gasteiger partial charge in [0.2, 0.25) is 0 Å². The zero-order valence-corrected chi connectivity index (χ0v) is 14.5. The maximum absolute atomic E-state index is 12.3. The summed E-state index contributed by atoms with van der Waals surface area (Å²) in [6, 6.07) is 13.5. The van der Waals surface area contributed by atoms with Crippen molar-refractivity contribution in [3.05, 3.63) is 64.7 Å². The fraction of sp³-hybridized carbons (Fsp3) is 0.222. The van der Waals surface area contributed by atoms with E-state index in [4.69, 9.17) is 16.3 Å². The number of hydrogen-bond acceptors (Lipinski definition) is 3. The molecule has 0 saturated carbocycles. The zero-order chi connectivity index (χ0) is 17.7. The van der Waals surface area contributed by atoms with E-state index in [1.54, 1.807) is 36.4 Å². The molecule has 2 aromatic rings. The Labute approximate surface area is 146 Å². The molecule has 0 heterocycles. The van der Waals surface area contributed by atoms with Crippen LogP contribution in [0.1, 0.15) is 29.8 Å². The molecule has 5 nitrogen and oxygen atoms in total. The Morgan fingerprint density at radius 1 is 1.04 bits per heavy atom. The van der Waals surface area contributed by atoms with Crippen LogP contribution >= 0.6 is 11.6 Å². The van der Waals surface area contributed by atoms with Gasteiger partial charge in [-0.1, -0.05) is 35.9 Å². The highest BCUT2D eigenvalue weighted by molar-refractivity contribution is 6.30. The van der Waals surface area contributed by atoms with E-state index in [0.717, 1.165) is 5.56 Å². The van der Waals surface area contributed by atoms with Gasteiger partial charge in [-0.25, -0.2) is 9.59 Å². The van der Waals surface area contributed by atoms with Gasteiger partial charge in [0.05, 0.1) is 23.9 Å². The maximum atomic E-state index is 12.3. The molecule has 0 unspecified atom stereocenters. The number of carbonyl (C=O) groups is 2. The van der Waals surface area contributed by atoms with Crippen molar-refractivity contribution in [3.63, 3.8) is 0 Å². The van der Waals surface area contributed by atoms with Gasteiger partial charge in [0.25, 0.3) is 0 Å². The second-order valence-corrected chi connectivity index (χ2v) is 6.18. The molecule has 2 aromatic carbocycles. The molecule has 6 heteroatoms. The van der Waals surface area contributed by atoms with E-state index in [-0.39, 0.29) is 0 Å². The molecule has 2 amide bonds. The number of hydrogen-bond donors (Lipinski definition) is 2. The van der Waals surface area contributed by atoms with Crippen LogP contribution in [0.5, 0.6) is 0 Å². The van der Waals surface area contributed by atoms with Crippen LogP contribution in [0.2, 0.25) is 5.02 Å². The van der Waals surface area contributed by atoms with Crippen LogP contribution in [0.4, 0.5) is 10.5 Å². The number of anilines is 1. The molecule has 0 atom stereocenters. The number of ether oxygens (including phenoxy) is 1. The first-order chi connectivity index (χ1) is 11.3. The molecular formula is C18H19ClN2O3. The lowest BCUT2D eigenvalue weighted by Crippen LogP contribution is -2.43. The lowest BCUT2D eigenvalue weighted by atomic mass is 9.94. The van der Waals surface area contributed by atoms with Crippen molar-refractivity contribution in [1.82, 2.24) is 5.32 Å². The minimum Gasteiger partial charge on any atom is -0.465 e. The molecule has 2 rings (SSSR count). The second-order valence-electron chi connectivity index (χ2n) is 5.75. The lowest BCUT2D eigenvalue weighted by molar-refractivity contribution is 0.0602. The molecule has 0 radical (unpaired) electrons. The van der Waals surface area contributed by atoms with E-state index < -0.39 is 17.5 Å². The number of amides is 2. The van der Waals surface area contributed by atoms with Crippen LogP contribution in [0.3, 0.4) is 0 Å². The smallest absolute Gasteiger partial charge is 0.339 e. The van der Waals surface area contributed by atoms with Crippen LogP contribution < -0.4 is 10.6 Å². The third kappa shape index (κ3) is 4.26. The van der Waals surface area contributed by atoms with Crippen molar-refractivity contribution in [3.8, 4) is 0 Å². The highest BCUT2D eigenvalue weighted by atomic mass is 35.5.